The molecule has 24 heavy (non-hydrogen) atoms. The molecule has 0 bridgehead atoms. The molecule has 0 aromatic heterocycles. The van der Waals surface area contributed by atoms with Crippen LogP contribution in [-0.2, 0) is 4.79 Å². The van der Waals surface area contributed by atoms with Crippen molar-refractivity contribution in [2.75, 3.05) is 20.8 Å². The number of carboxylic acids is 1. The van der Waals surface area contributed by atoms with E-state index in [-0.39, 0.29) is 29.6 Å². The minimum Gasteiger partial charge on any atom is -0.502 e. The number of hydrogen-bond donors (Lipinski definition) is 3. The lowest BCUT2D eigenvalue weighted by atomic mass is 10.1. The van der Waals surface area contributed by atoms with Gasteiger partial charge in [0.2, 0.25) is 5.75 Å². The summed E-state index contributed by atoms with van der Waals surface area (Å²) in [6.45, 7) is 0.531. The molecule has 1 rings (SSSR count). The van der Waals surface area contributed by atoms with Gasteiger partial charge in [-0.2, -0.15) is 0 Å². The molecule has 0 spiro atoms. The van der Waals surface area contributed by atoms with E-state index in [0.29, 0.717) is 18.5 Å². The van der Waals surface area contributed by atoms with Crippen molar-refractivity contribution < 1.29 is 29.3 Å². The van der Waals surface area contributed by atoms with Gasteiger partial charge in [-0.25, -0.2) is 0 Å². The van der Waals surface area contributed by atoms with Crippen LogP contribution in [0.15, 0.2) is 12.1 Å². The number of nitrogens with one attached hydrogen (secondary N) is 1. The minimum absolute atomic E-state index is 0.141. The molecular formula is C17H25NO6. The van der Waals surface area contributed by atoms with Crippen LogP contribution in [-0.4, -0.2) is 42.9 Å². The first-order valence-electron chi connectivity index (χ1n) is 7.94. The van der Waals surface area contributed by atoms with E-state index in [4.69, 9.17) is 14.6 Å². The molecule has 0 saturated carbocycles. The van der Waals surface area contributed by atoms with Crippen LogP contribution in [0, 0.1) is 0 Å². The highest BCUT2D eigenvalue weighted by molar-refractivity contribution is 5.95. The lowest BCUT2D eigenvalue weighted by Crippen LogP contribution is -2.24. The van der Waals surface area contributed by atoms with Crippen molar-refractivity contribution in [3.05, 3.63) is 17.7 Å². The van der Waals surface area contributed by atoms with Gasteiger partial charge in [0, 0.05) is 18.5 Å². The van der Waals surface area contributed by atoms with Gasteiger partial charge in [-0.15, -0.1) is 0 Å². The van der Waals surface area contributed by atoms with Crippen molar-refractivity contribution >= 4 is 11.9 Å². The van der Waals surface area contributed by atoms with Gasteiger partial charge >= 0.3 is 5.97 Å². The Morgan fingerprint density at radius 2 is 1.54 bits per heavy atom. The standard InChI is InChI=1S/C17H25NO6/c1-23-13-10-12(11-14(24-2)16(13)21)17(22)18-9-7-5-3-4-6-8-15(19)20/h10-11,21H,3-9H2,1-2H3,(H,18,22)(H,19,20). The number of amides is 1. The zero-order chi connectivity index (χ0) is 17.9. The van der Waals surface area contributed by atoms with Crippen molar-refractivity contribution in [3.63, 3.8) is 0 Å². The van der Waals surface area contributed by atoms with Crippen molar-refractivity contribution in [2.45, 2.75) is 38.5 Å². The van der Waals surface area contributed by atoms with Crippen molar-refractivity contribution in [1.29, 1.82) is 0 Å². The summed E-state index contributed by atoms with van der Waals surface area (Å²) in [5.41, 5.74) is 0.350. The number of methoxy groups -OCH3 is 2. The first-order valence-corrected chi connectivity index (χ1v) is 7.94. The smallest absolute Gasteiger partial charge is 0.303 e. The largest absolute Gasteiger partial charge is 0.502 e. The van der Waals surface area contributed by atoms with Crippen LogP contribution in [0.1, 0.15) is 48.9 Å². The van der Waals surface area contributed by atoms with E-state index < -0.39 is 5.97 Å². The van der Waals surface area contributed by atoms with E-state index in [9.17, 15) is 14.7 Å². The summed E-state index contributed by atoms with van der Waals surface area (Å²) in [7, 11) is 2.81. The van der Waals surface area contributed by atoms with Gasteiger partial charge in [0.1, 0.15) is 0 Å². The summed E-state index contributed by atoms with van der Waals surface area (Å²) in [5.74, 6) is -0.812. The second-order valence-corrected chi connectivity index (χ2v) is 5.40. The van der Waals surface area contributed by atoms with E-state index in [1.54, 1.807) is 0 Å². The molecule has 7 heteroatoms. The highest BCUT2D eigenvalue weighted by Crippen LogP contribution is 2.36. The van der Waals surface area contributed by atoms with Crippen LogP contribution in [0.3, 0.4) is 0 Å². The van der Waals surface area contributed by atoms with Crippen LogP contribution >= 0.6 is 0 Å². The third-order valence-corrected chi connectivity index (χ3v) is 3.59. The molecule has 7 nitrogen and oxygen atoms in total. The summed E-state index contributed by atoms with van der Waals surface area (Å²) >= 11 is 0. The van der Waals surface area contributed by atoms with E-state index in [0.717, 1.165) is 25.7 Å². The Morgan fingerprint density at radius 1 is 1.00 bits per heavy atom. The molecule has 134 valence electrons. The normalized spacial score (nSPS) is 10.2. The third-order valence-electron chi connectivity index (χ3n) is 3.59. The molecule has 0 aliphatic carbocycles. The number of benzene rings is 1. The summed E-state index contributed by atoms with van der Waals surface area (Å²) in [6.07, 6.45) is 4.49. The zero-order valence-corrected chi connectivity index (χ0v) is 14.1. The third kappa shape index (κ3) is 6.36. The highest BCUT2D eigenvalue weighted by Gasteiger charge is 2.15. The molecule has 1 amide bonds. The summed E-state index contributed by atoms with van der Waals surface area (Å²) in [4.78, 5) is 22.5. The first-order chi connectivity index (χ1) is 11.5. The first kappa shape index (κ1) is 19.6. The van der Waals surface area contributed by atoms with E-state index in [1.165, 1.54) is 26.4 Å². The minimum atomic E-state index is -0.762. The Morgan fingerprint density at radius 3 is 2.08 bits per heavy atom. The van der Waals surface area contributed by atoms with Crippen molar-refractivity contribution in [1.82, 2.24) is 5.32 Å². The molecule has 0 heterocycles. The molecule has 0 atom stereocenters. The number of carbonyl (C=O) groups is 2. The Kier molecular flexibility index (Phi) is 8.46. The number of unbranched alkanes of at least 4 members (excludes halogenated alkanes) is 4. The average molecular weight is 339 g/mol. The van der Waals surface area contributed by atoms with Crippen molar-refractivity contribution in [3.8, 4) is 17.2 Å². The molecule has 0 saturated heterocycles. The molecule has 0 unspecified atom stereocenters. The Hall–Kier alpha value is -2.44. The van der Waals surface area contributed by atoms with Gasteiger partial charge in [-0.3, -0.25) is 9.59 Å². The Labute approximate surface area is 141 Å². The molecule has 0 radical (unpaired) electrons. The van der Waals surface area contributed by atoms with Crippen LogP contribution in [0.4, 0.5) is 0 Å². The lowest BCUT2D eigenvalue weighted by molar-refractivity contribution is -0.137. The number of carboxylic acid groups (broad SMARTS) is 1. The monoisotopic (exact) mass is 339 g/mol. The molecule has 1 aromatic carbocycles. The topological polar surface area (TPSA) is 105 Å². The molecule has 0 fully saturated rings. The maximum Gasteiger partial charge on any atom is 0.303 e. The summed E-state index contributed by atoms with van der Waals surface area (Å²) in [6, 6.07) is 2.91. The summed E-state index contributed by atoms with van der Waals surface area (Å²) < 4.78 is 10.0. The maximum atomic E-state index is 12.1. The fourth-order valence-electron chi connectivity index (χ4n) is 2.26. The van der Waals surface area contributed by atoms with Gasteiger partial charge in [0.25, 0.3) is 5.91 Å². The second kappa shape index (κ2) is 10.4. The number of rotatable bonds is 11. The van der Waals surface area contributed by atoms with Crippen molar-refractivity contribution in [2.24, 2.45) is 0 Å². The second-order valence-electron chi connectivity index (χ2n) is 5.40. The molecular weight excluding hydrogens is 314 g/mol. The number of phenolic OH excluding ortho intramolecular Hbond substituents is 1. The van der Waals surface area contributed by atoms with Gasteiger partial charge in [-0.1, -0.05) is 19.3 Å². The molecule has 0 aliphatic heterocycles. The number of carbonyl (C=O) groups excluding carboxylic acids is 1. The summed E-state index contributed by atoms with van der Waals surface area (Å²) in [5, 5.41) is 21.2. The van der Waals surface area contributed by atoms with Gasteiger partial charge < -0.3 is 25.0 Å². The Bertz CT molecular complexity index is 533. The quantitative estimate of drug-likeness (QED) is 0.535. The van der Waals surface area contributed by atoms with Gasteiger partial charge in [0.05, 0.1) is 14.2 Å². The average Bonchev–Trinajstić information content (AvgIpc) is 2.56. The number of ether oxygens (including phenoxy) is 2. The molecule has 0 aliphatic rings. The van der Waals surface area contributed by atoms with Crippen LogP contribution < -0.4 is 14.8 Å². The van der Waals surface area contributed by atoms with Gasteiger partial charge in [-0.05, 0) is 25.0 Å². The van der Waals surface area contributed by atoms with Crippen LogP contribution in [0.25, 0.3) is 0 Å². The number of aliphatic carboxylic acids is 1. The van der Waals surface area contributed by atoms with Crippen LogP contribution in [0.5, 0.6) is 17.2 Å². The predicted octanol–water partition coefficient (Wildman–Crippen LogP) is 2.56. The number of aromatic hydroxyl groups is 1. The fourth-order valence-corrected chi connectivity index (χ4v) is 2.26. The molecule has 3 N–H and O–H groups in total. The fraction of sp³-hybridized carbons (Fsp3) is 0.529. The van der Waals surface area contributed by atoms with Crippen LogP contribution in [0.2, 0.25) is 0 Å². The Balaban J connectivity index is 2.37. The SMILES string of the molecule is COc1cc(C(=O)NCCCCCCCC(=O)O)cc(OC)c1O. The van der Waals surface area contributed by atoms with Gasteiger partial charge in [0.15, 0.2) is 11.5 Å². The predicted molar refractivity (Wildman–Crippen MR) is 88.9 cm³/mol. The molecule has 1 aromatic rings. The van der Waals surface area contributed by atoms with E-state index in [1.807, 2.05) is 0 Å². The maximum absolute atomic E-state index is 12.1. The number of hydrogen-bond acceptors (Lipinski definition) is 5. The van der Waals surface area contributed by atoms with E-state index in [2.05, 4.69) is 5.32 Å². The number of phenols is 1. The highest BCUT2D eigenvalue weighted by atomic mass is 16.5. The van der Waals surface area contributed by atoms with E-state index >= 15 is 0 Å². The lowest BCUT2D eigenvalue weighted by Gasteiger charge is -2.11. The zero-order valence-electron chi connectivity index (χ0n) is 14.1.